The highest BCUT2D eigenvalue weighted by atomic mass is 19.4. The quantitative estimate of drug-likeness (QED) is 0.0192. The highest BCUT2D eigenvalue weighted by molar-refractivity contribution is 6.06. The van der Waals surface area contributed by atoms with E-state index in [1.54, 1.807) is 12.2 Å². The molecule has 0 aromatic heterocycles. The predicted molar refractivity (Wildman–Crippen MR) is 346 cm³/mol. The lowest BCUT2D eigenvalue weighted by molar-refractivity contribution is -0.297. The van der Waals surface area contributed by atoms with E-state index in [1.807, 2.05) is 10.6 Å². The topological polar surface area (TPSA) is 279 Å². The number of nitrogens with one attached hydrogen (secondary N) is 5. The van der Waals surface area contributed by atoms with Gasteiger partial charge in [-0.2, -0.15) is 79.0 Å². The monoisotopic (exact) mass is 1520 g/mol. The number of carboxylic acids is 1. The molecule has 4 unspecified atom stereocenters. The molecule has 1 fully saturated rings. The minimum atomic E-state index is -6.35. The van der Waals surface area contributed by atoms with Gasteiger partial charge >= 0.3 is 43.0 Å². The largest absolute Gasteiger partial charge is 0.507 e. The second-order valence-corrected chi connectivity index (χ2v) is 25.3. The van der Waals surface area contributed by atoms with Crippen molar-refractivity contribution in [3.05, 3.63) is 219 Å². The SMILES string of the molecule is Cc1cc(CNc2cc(C(c3ccc(O)c(NC(=O)c4ccc(Oc5ccc(C(=O)Nc6cc(C(C)(C(F)(F)F)C(F)(F)F)ccc6O)cc5)cc4)c3)(C(F)(F)F)C(F)(F)F)ccc2O)c(O)c(CNc2cc(C(c3ccc(O)c(NC(=O)C4C5C=CC(C5)C4C(=O)O)c3)(C(F)(F)F)C(F)(F)F)ccc2O)c1. The number of alkyl halides is 18. The zero-order valence-corrected chi connectivity index (χ0v) is 54.5. The molecule has 4 atom stereocenters. The summed E-state index contributed by atoms with van der Waals surface area (Å²) in [4.78, 5) is 52.2. The Morgan fingerprint density at radius 3 is 1.05 bits per heavy atom. The summed E-state index contributed by atoms with van der Waals surface area (Å²) in [7, 11) is 0. The number of carbonyl (C=O) groups is 4. The third-order valence-electron chi connectivity index (χ3n) is 18.7. The van der Waals surface area contributed by atoms with Crippen LogP contribution in [0.1, 0.15) is 78.6 Å². The second-order valence-electron chi connectivity index (χ2n) is 25.3. The number of hydrogen-bond donors (Lipinski definition) is 12. The standard InChI is InChI=1S/C72H55F18N5O12/c1-33-23-38(59(101)39(24-33)32-92-48-28-42(11-20-53(48)97)66(71(85,86)87,72(88,89)90)44-13-22-56(100)51(30-44)95-62(104)57-36-3-4-37(25-36)58(57)63(105)106)31-91-47-27-41(10-19-52(47)96)65(69(79,80)81,70(82,83)84)43-12-21-55(99)50(29-43)94-61(103)35-7-16-46(17-8-35)107-45-14-5-34(6-15-45)60(102)93-49-26-40(9-18-54(49)98)64(2,67(73,74)75)68(76,77)78/h3-24,26-30,36-37,57-58,91-92,96-101H,25,31-32H2,1-2H3,(H,93,102)(H,94,103)(H,95,104)(H,105,106). The molecule has 17 nitrogen and oxygen atoms in total. The molecule has 566 valence electrons. The Morgan fingerprint density at radius 1 is 0.402 bits per heavy atom. The number of phenols is 6. The molecule has 12 N–H and O–H groups in total. The first kappa shape index (κ1) is 77.9. The van der Waals surface area contributed by atoms with Crippen LogP contribution < -0.4 is 31.3 Å². The predicted octanol–water partition coefficient (Wildman–Crippen LogP) is 17.4. The van der Waals surface area contributed by atoms with Gasteiger partial charge in [0.05, 0.1) is 40.3 Å². The van der Waals surface area contributed by atoms with Gasteiger partial charge in [0.25, 0.3) is 11.8 Å². The van der Waals surface area contributed by atoms with Gasteiger partial charge in [-0.15, -0.1) is 0 Å². The molecule has 1 saturated carbocycles. The first-order chi connectivity index (χ1) is 49.6. The molecule has 0 heterocycles. The average molecular weight is 1520 g/mol. The van der Waals surface area contributed by atoms with Crippen molar-refractivity contribution in [1.82, 2.24) is 0 Å². The number of benzene rings is 8. The fourth-order valence-corrected chi connectivity index (χ4v) is 13.2. The summed E-state index contributed by atoms with van der Waals surface area (Å²) in [5.74, 6) is -14.4. The lowest BCUT2D eigenvalue weighted by atomic mass is 9.72. The maximum Gasteiger partial charge on any atom is 0.411 e. The normalized spacial score (nSPS) is 16.4. The molecule has 0 radical (unpaired) electrons. The third kappa shape index (κ3) is 14.4. The van der Waals surface area contributed by atoms with Gasteiger partial charge < -0.3 is 67.1 Å². The van der Waals surface area contributed by atoms with Crippen molar-refractivity contribution in [2.24, 2.45) is 23.7 Å². The van der Waals surface area contributed by atoms with E-state index in [9.17, 15) is 81.3 Å². The summed E-state index contributed by atoms with van der Waals surface area (Å²) < 4.78 is 276. The number of aliphatic carboxylic acids is 1. The maximum absolute atomic E-state index is 15.7. The minimum Gasteiger partial charge on any atom is -0.507 e. The van der Waals surface area contributed by atoms with E-state index in [2.05, 4.69) is 16.0 Å². The van der Waals surface area contributed by atoms with Crippen LogP contribution in [0.3, 0.4) is 0 Å². The molecule has 0 aliphatic heterocycles. The fraction of sp³-hybridized carbons (Fsp3) is 0.250. The molecule has 8 aromatic carbocycles. The third-order valence-corrected chi connectivity index (χ3v) is 18.7. The Kier molecular flexibility index (Phi) is 20.4. The van der Waals surface area contributed by atoms with E-state index >= 15 is 52.7 Å². The van der Waals surface area contributed by atoms with Gasteiger partial charge in [0.1, 0.15) is 46.0 Å². The zero-order valence-electron chi connectivity index (χ0n) is 54.5. The second kappa shape index (κ2) is 28.0. The molecule has 3 amide bonds. The zero-order chi connectivity index (χ0) is 78.9. The highest BCUT2D eigenvalue weighted by Crippen LogP contribution is 2.61. The Labute approximate surface area is 591 Å². The molecule has 0 spiro atoms. The summed E-state index contributed by atoms with van der Waals surface area (Å²) in [6.07, 6.45) is -33.7. The summed E-state index contributed by atoms with van der Waals surface area (Å²) in [5, 5.41) is 85.8. The molecule has 0 saturated heterocycles. The summed E-state index contributed by atoms with van der Waals surface area (Å²) in [6.45, 7) is -0.243. The van der Waals surface area contributed by atoms with Crippen molar-refractivity contribution in [3.8, 4) is 46.0 Å². The first-order valence-corrected chi connectivity index (χ1v) is 31.2. The Bertz CT molecular complexity index is 4760. The molecule has 2 bridgehead atoms. The van der Waals surface area contributed by atoms with Crippen LogP contribution in [-0.4, -0.2) is 96.5 Å². The van der Waals surface area contributed by atoms with Gasteiger partial charge in [-0.25, -0.2) is 0 Å². The molecule has 107 heavy (non-hydrogen) atoms. The fourth-order valence-electron chi connectivity index (χ4n) is 13.2. The van der Waals surface area contributed by atoms with Crippen LogP contribution in [0, 0.1) is 30.6 Å². The molecule has 2 aliphatic carbocycles. The molecular weight excluding hydrogens is 1470 g/mol. The van der Waals surface area contributed by atoms with Crippen molar-refractivity contribution < 1.29 is 139 Å². The number of fused-ring (bicyclic) bond motifs is 2. The summed E-state index contributed by atoms with van der Waals surface area (Å²) in [6, 6.07) is 16.4. The number of allylic oxidation sites excluding steroid dienone is 2. The van der Waals surface area contributed by atoms with Gasteiger partial charge in [-0.3, -0.25) is 19.2 Å². The Balaban J connectivity index is 0.846. The smallest absolute Gasteiger partial charge is 0.411 e. The Hall–Kier alpha value is -11.7. The van der Waals surface area contributed by atoms with Crippen molar-refractivity contribution in [2.75, 3.05) is 26.6 Å². The van der Waals surface area contributed by atoms with E-state index in [0.29, 0.717) is 48.5 Å². The number of carbonyl (C=O) groups excluding carboxylic acids is 3. The van der Waals surface area contributed by atoms with E-state index in [1.165, 1.54) is 31.2 Å². The van der Waals surface area contributed by atoms with Gasteiger partial charge in [0.2, 0.25) is 16.7 Å². The summed E-state index contributed by atoms with van der Waals surface area (Å²) >= 11 is 0. The molecule has 2 aliphatic rings. The number of carboxylic acid groups (broad SMARTS) is 1. The number of aryl methyl sites for hydroxylation is 1. The molecule has 10 rings (SSSR count). The summed E-state index contributed by atoms with van der Waals surface area (Å²) in [5.41, 5.74) is -27.6. The molecule has 35 heteroatoms. The van der Waals surface area contributed by atoms with Crippen LogP contribution in [0.25, 0.3) is 0 Å². The molecular formula is C72H55F18N5O12. The van der Waals surface area contributed by atoms with E-state index in [0.717, 1.165) is 36.4 Å². The van der Waals surface area contributed by atoms with Gasteiger partial charge in [-0.05, 0) is 169 Å². The Morgan fingerprint density at radius 2 is 0.710 bits per heavy atom. The van der Waals surface area contributed by atoms with Crippen molar-refractivity contribution in [2.45, 2.75) is 86.7 Å². The number of hydrogen-bond acceptors (Lipinski definition) is 13. The van der Waals surface area contributed by atoms with Crippen LogP contribution in [0.4, 0.5) is 107 Å². The molecule has 8 aromatic rings. The van der Waals surface area contributed by atoms with E-state index < -0.39 is 205 Å². The van der Waals surface area contributed by atoms with Crippen molar-refractivity contribution >= 4 is 52.1 Å². The number of halogens is 18. The number of ether oxygens (including phenoxy) is 1. The van der Waals surface area contributed by atoms with Crippen LogP contribution in [-0.2, 0) is 38.9 Å². The average Bonchev–Trinajstić information content (AvgIpc) is 1.16. The number of aromatic hydroxyl groups is 6. The van der Waals surface area contributed by atoms with Crippen molar-refractivity contribution in [1.29, 1.82) is 0 Å². The van der Waals surface area contributed by atoms with E-state index in [-0.39, 0.29) is 95.1 Å². The minimum absolute atomic E-state index is 0.0318. The van der Waals surface area contributed by atoms with Crippen LogP contribution in [0.15, 0.2) is 164 Å². The lowest BCUT2D eigenvalue weighted by Gasteiger charge is -2.38. The van der Waals surface area contributed by atoms with Gasteiger partial charge in [0.15, 0.2) is 5.41 Å². The number of rotatable bonds is 20. The maximum atomic E-state index is 15.7. The van der Waals surface area contributed by atoms with Gasteiger partial charge in [0, 0.05) is 35.3 Å². The first-order valence-electron chi connectivity index (χ1n) is 31.2. The lowest BCUT2D eigenvalue weighted by Crippen LogP contribution is -2.54. The highest BCUT2D eigenvalue weighted by Gasteiger charge is 2.74. The van der Waals surface area contributed by atoms with Crippen LogP contribution in [0.2, 0.25) is 0 Å². The number of phenolic OH excluding ortho intramolecular Hbond substituents is 6. The number of anilines is 5. The van der Waals surface area contributed by atoms with E-state index in [4.69, 9.17) is 4.74 Å². The number of amides is 3. The van der Waals surface area contributed by atoms with Gasteiger partial charge in [-0.1, -0.05) is 60.2 Å². The van der Waals surface area contributed by atoms with Crippen LogP contribution in [0.5, 0.6) is 46.0 Å². The van der Waals surface area contributed by atoms with Crippen LogP contribution >= 0.6 is 0 Å². The van der Waals surface area contributed by atoms with Crippen molar-refractivity contribution in [3.63, 3.8) is 0 Å².